The van der Waals surface area contributed by atoms with Crippen molar-refractivity contribution in [2.45, 2.75) is 11.8 Å². The molecular weight excluding hydrogens is 292 g/mol. The summed E-state index contributed by atoms with van der Waals surface area (Å²) in [6.45, 7) is 1.86. The summed E-state index contributed by atoms with van der Waals surface area (Å²) >= 11 is 0. The zero-order valence-corrected chi connectivity index (χ0v) is 12.1. The average Bonchev–Trinajstić information content (AvgIpc) is 2.47. The van der Waals surface area contributed by atoms with Gasteiger partial charge in [-0.05, 0) is 43.3 Å². The number of carbonyl (C=O) groups is 1. The van der Waals surface area contributed by atoms with Crippen LogP contribution >= 0.6 is 0 Å². The van der Waals surface area contributed by atoms with Crippen molar-refractivity contribution in [2.75, 3.05) is 0 Å². The zero-order chi connectivity index (χ0) is 15.5. The standard InChI is InChI=1S/C14H14N2O4S/c1-10-2-8-13(9-3-10)21(18,19)20-12-6-4-11(5-7-12)14(17)16-15/h2-9H,15H2,1H3,(H,16,17). The summed E-state index contributed by atoms with van der Waals surface area (Å²) in [5.74, 6) is 4.65. The average molecular weight is 306 g/mol. The van der Waals surface area contributed by atoms with Crippen LogP contribution in [0.5, 0.6) is 5.75 Å². The molecule has 6 nitrogen and oxygen atoms in total. The number of nitrogens with two attached hydrogens (primary N) is 1. The molecule has 0 bridgehead atoms. The fourth-order valence-electron chi connectivity index (χ4n) is 1.62. The molecule has 1 amide bonds. The van der Waals surface area contributed by atoms with E-state index in [2.05, 4.69) is 0 Å². The number of amides is 1. The van der Waals surface area contributed by atoms with Gasteiger partial charge in [0.2, 0.25) is 0 Å². The Hall–Kier alpha value is -2.38. The second kappa shape index (κ2) is 5.94. The molecule has 7 heteroatoms. The maximum atomic E-state index is 12.1. The number of aryl methyl sites for hydroxylation is 1. The lowest BCUT2D eigenvalue weighted by atomic mass is 10.2. The topological polar surface area (TPSA) is 98.5 Å². The zero-order valence-electron chi connectivity index (χ0n) is 11.2. The van der Waals surface area contributed by atoms with Gasteiger partial charge in [0.05, 0.1) is 0 Å². The van der Waals surface area contributed by atoms with E-state index in [-0.39, 0.29) is 10.6 Å². The lowest BCUT2D eigenvalue weighted by Gasteiger charge is -2.07. The van der Waals surface area contributed by atoms with Crippen LogP contribution in [-0.4, -0.2) is 14.3 Å². The summed E-state index contributed by atoms with van der Waals surface area (Å²) in [6, 6.07) is 11.9. The number of hydrogen-bond acceptors (Lipinski definition) is 5. The highest BCUT2D eigenvalue weighted by atomic mass is 32.2. The third-order valence-corrected chi connectivity index (χ3v) is 4.02. The third kappa shape index (κ3) is 3.59. The smallest absolute Gasteiger partial charge is 0.339 e. The molecule has 0 aliphatic carbocycles. The van der Waals surface area contributed by atoms with E-state index in [1.54, 1.807) is 12.1 Å². The van der Waals surface area contributed by atoms with Crippen molar-refractivity contribution in [3.63, 3.8) is 0 Å². The molecule has 0 radical (unpaired) electrons. The molecule has 0 fully saturated rings. The molecule has 110 valence electrons. The van der Waals surface area contributed by atoms with Gasteiger partial charge in [0, 0.05) is 5.56 Å². The number of hydrogen-bond donors (Lipinski definition) is 2. The molecule has 0 saturated carbocycles. The van der Waals surface area contributed by atoms with Gasteiger partial charge in [0.15, 0.2) is 0 Å². The molecule has 2 aromatic rings. The summed E-state index contributed by atoms with van der Waals surface area (Å²) < 4.78 is 29.1. The Bertz CT molecular complexity index is 738. The molecule has 0 aliphatic rings. The largest absolute Gasteiger partial charge is 0.379 e. The van der Waals surface area contributed by atoms with Crippen molar-refractivity contribution < 1.29 is 17.4 Å². The second-order valence-electron chi connectivity index (χ2n) is 4.35. The number of hydrazine groups is 1. The molecule has 2 aromatic carbocycles. The maximum Gasteiger partial charge on any atom is 0.339 e. The molecule has 0 spiro atoms. The van der Waals surface area contributed by atoms with Crippen LogP contribution in [0.4, 0.5) is 0 Å². The molecule has 0 aliphatic heterocycles. The number of nitrogen functional groups attached to an aromatic ring is 1. The summed E-state index contributed by atoms with van der Waals surface area (Å²) in [5.41, 5.74) is 3.24. The summed E-state index contributed by atoms with van der Waals surface area (Å²) in [6.07, 6.45) is 0. The number of nitrogens with one attached hydrogen (secondary N) is 1. The number of carbonyl (C=O) groups excluding carboxylic acids is 1. The molecule has 0 unspecified atom stereocenters. The quantitative estimate of drug-likeness (QED) is 0.385. The Morgan fingerprint density at radius 3 is 2.14 bits per heavy atom. The molecular formula is C14H14N2O4S. The molecule has 21 heavy (non-hydrogen) atoms. The van der Waals surface area contributed by atoms with E-state index in [1.165, 1.54) is 36.4 Å². The van der Waals surface area contributed by atoms with Crippen LogP contribution in [0.2, 0.25) is 0 Å². The predicted molar refractivity (Wildman–Crippen MR) is 77.1 cm³/mol. The van der Waals surface area contributed by atoms with Gasteiger partial charge < -0.3 is 4.18 Å². The van der Waals surface area contributed by atoms with E-state index < -0.39 is 16.0 Å². The van der Waals surface area contributed by atoms with Crippen molar-refractivity contribution in [1.29, 1.82) is 0 Å². The number of benzene rings is 2. The molecule has 0 saturated heterocycles. The highest BCUT2D eigenvalue weighted by molar-refractivity contribution is 7.87. The van der Waals surface area contributed by atoms with E-state index in [0.29, 0.717) is 5.56 Å². The lowest BCUT2D eigenvalue weighted by Crippen LogP contribution is -2.29. The van der Waals surface area contributed by atoms with Crippen molar-refractivity contribution >= 4 is 16.0 Å². The van der Waals surface area contributed by atoms with E-state index in [0.717, 1.165) is 5.56 Å². The lowest BCUT2D eigenvalue weighted by molar-refractivity contribution is 0.0953. The Balaban J connectivity index is 2.20. The van der Waals surface area contributed by atoms with E-state index >= 15 is 0 Å². The minimum atomic E-state index is -3.89. The Kier molecular flexibility index (Phi) is 4.25. The van der Waals surface area contributed by atoms with Gasteiger partial charge in [-0.2, -0.15) is 8.42 Å². The first-order valence-corrected chi connectivity index (χ1v) is 7.45. The second-order valence-corrected chi connectivity index (χ2v) is 5.89. The molecule has 2 rings (SSSR count). The van der Waals surface area contributed by atoms with Crippen LogP contribution in [-0.2, 0) is 10.1 Å². The summed E-state index contributed by atoms with van der Waals surface area (Å²) in [7, 11) is -3.89. The summed E-state index contributed by atoms with van der Waals surface area (Å²) in [5, 5.41) is 0. The minimum Gasteiger partial charge on any atom is -0.379 e. The maximum absolute atomic E-state index is 12.1. The van der Waals surface area contributed by atoms with Crippen molar-refractivity contribution in [2.24, 2.45) is 5.84 Å². The van der Waals surface area contributed by atoms with Crippen LogP contribution in [0.25, 0.3) is 0 Å². The van der Waals surface area contributed by atoms with Crippen molar-refractivity contribution in [3.8, 4) is 5.75 Å². The summed E-state index contributed by atoms with van der Waals surface area (Å²) in [4.78, 5) is 11.3. The highest BCUT2D eigenvalue weighted by Crippen LogP contribution is 2.19. The molecule has 0 aromatic heterocycles. The predicted octanol–water partition coefficient (Wildman–Crippen LogP) is 1.37. The fraction of sp³-hybridized carbons (Fsp3) is 0.0714. The van der Waals surface area contributed by atoms with Crippen LogP contribution in [0.15, 0.2) is 53.4 Å². The van der Waals surface area contributed by atoms with Gasteiger partial charge in [0.1, 0.15) is 10.6 Å². The van der Waals surface area contributed by atoms with Gasteiger partial charge in [-0.1, -0.05) is 17.7 Å². The molecule has 3 N–H and O–H groups in total. The highest BCUT2D eigenvalue weighted by Gasteiger charge is 2.16. The van der Waals surface area contributed by atoms with Crippen LogP contribution in [0.3, 0.4) is 0 Å². The Morgan fingerprint density at radius 1 is 1.05 bits per heavy atom. The van der Waals surface area contributed by atoms with Gasteiger partial charge in [-0.15, -0.1) is 0 Å². The molecule has 0 atom stereocenters. The first-order valence-electron chi connectivity index (χ1n) is 6.04. The van der Waals surface area contributed by atoms with Crippen molar-refractivity contribution in [3.05, 3.63) is 59.7 Å². The van der Waals surface area contributed by atoms with Crippen LogP contribution < -0.4 is 15.5 Å². The fourth-order valence-corrected chi connectivity index (χ4v) is 2.56. The third-order valence-electron chi connectivity index (χ3n) is 2.76. The SMILES string of the molecule is Cc1ccc(S(=O)(=O)Oc2ccc(C(=O)NN)cc2)cc1. The van der Waals surface area contributed by atoms with Gasteiger partial charge in [0.25, 0.3) is 5.91 Å². The van der Waals surface area contributed by atoms with E-state index in [1.807, 2.05) is 12.3 Å². The van der Waals surface area contributed by atoms with Crippen molar-refractivity contribution in [1.82, 2.24) is 5.43 Å². The van der Waals surface area contributed by atoms with Gasteiger partial charge in [-0.25, -0.2) is 5.84 Å². The monoisotopic (exact) mass is 306 g/mol. The van der Waals surface area contributed by atoms with Crippen LogP contribution in [0.1, 0.15) is 15.9 Å². The Morgan fingerprint density at radius 2 is 1.62 bits per heavy atom. The van der Waals surface area contributed by atoms with Gasteiger partial charge in [-0.3, -0.25) is 10.2 Å². The minimum absolute atomic E-state index is 0.0666. The van der Waals surface area contributed by atoms with Crippen LogP contribution in [0, 0.1) is 6.92 Å². The van der Waals surface area contributed by atoms with E-state index in [9.17, 15) is 13.2 Å². The van der Waals surface area contributed by atoms with E-state index in [4.69, 9.17) is 10.0 Å². The first kappa shape index (κ1) is 15.0. The Labute approximate surface area is 122 Å². The van der Waals surface area contributed by atoms with Gasteiger partial charge >= 0.3 is 10.1 Å². The normalized spacial score (nSPS) is 11.0. The first-order chi connectivity index (χ1) is 9.92. The molecule has 0 heterocycles. The number of rotatable bonds is 4.